The van der Waals surface area contributed by atoms with Crippen molar-refractivity contribution in [3.05, 3.63) is 48.0 Å². The zero-order valence-corrected chi connectivity index (χ0v) is 14.5. The van der Waals surface area contributed by atoms with Gasteiger partial charge in [0.2, 0.25) is 0 Å². The molecule has 0 aliphatic rings. The maximum absolute atomic E-state index is 6.00. The highest BCUT2D eigenvalue weighted by Gasteiger charge is 2.05. The SMILES string of the molecule is CC(C)Cn1ccnc1CN=C(N)Nc1cccc(C(C)C)c1. The summed E-state index contributed by atoms with van der Waals surface area (Å²) >= 11 is 0. The normalized spacial score (nSPS) is 12.2. The Morgan fingerprint density at radius 3 is 2.78 bits per heavy atom. The first kappa shape index (κ1) is 17.1. The second-order valence-corrected chi connectivity index (χ2v) is 6.50. The molecule has 0 aliphatic carbocycles. The van der Waals surface area contributed by atoms with Crippen LogP contribution >= 0.6 is 0 Å². The van der Waals surface area contributed by atoms with Crippen LogP contribution in [-0.4, -0.2) is 15.5 Å². The van der Waals surface area contributed by atoms with Crippen molar-refractivity contribution in [2.45, 2.75) is 46.7 Å². The molecule has 23 heavy (non-hydrogen) atoms. The molecule has 0 radical (unpaired) electrons. The average Bonchev–Trinajstić information content (AvgIpc) is 2.92. The number of hydrogen-bond acceptors (Lipinski definition) is 2. The number of benzene rings is 1. The van der Waals surface area contributed by atoms with Gasteiger partial charge in [-0.25, -0.2) is 9.98 Å². The number of hydrogen-bond donors (Lipinski definition) is 2. The highest BCUT2D eigenvalue weighted by Crippen LogP contribution is 2.18. The second-order valence-electron chi connectivity index (χ2n) is 6.50. The van der Waals surface area contributed by atoms with Gasteiger partial charge in [-0.15, -0.1) is 0 Å². The van der Waals surface area contributed by atoms with Crippen LogP contribution in [0.25, 0.3) is 0 Å². The minimum absolute atomic E-state index is 0.407. The van der Waals surface area contributed by atoms with Crippen molar-refractivity contribution >= 4 is 11.6 Å². The minimum atomic E-state index is 0.407. The third-order valence-electron chi connectivity index (χ3n) is 3.58. The Kier molecular flexibility index (Phi) is 5.79. The maximum Gasteiger partial charge on any atom is 0.193 e. The van der Waals surface area contributed by atoms with Crippen LogP contribution in [0.15, 0.2) is 41.7 Å². The molecule has 0 fully saturated rings. The van der Waals surface area contributed by atoms with Crippen LogP contribution in [0, 0.1) is 5.92 Å². The zero-order valence-electron chi connectivity index (χ0n) is 14.5. The van der Waals surface area contributed by atoms with E-state index in [2.05, 4.69) is 59.7 Å². The molecule has 0 saturated heterocycles. The summed E-state index contributed by atoms with van der Waals surface area (Å²) in [5, 5.41) is 3.15. The molecule has 0 aliphatic heterocycles. The van der Waals surface area contributed by atoms with Gasteiger partial charge in [-0.3, -0.25) is 0 Å². The number of anilines is 1. The number of nitrogens with two attached hydrogens (primary N) is 1. The Morgan fingerprint density at radius 1 is 1.30 bits per heavy atom. The highest BCUT2D eigenvalue weighted by molar-refractivity contribution is 5.92. The van der Waals surface area contributed by atoms with E-state index in [-0.39, 0.29) is 0 Å². The topological polar surface area (TPSA) is 68.2 Å². The summed E-state index contributed by atoms with van der Waals surface area (Å²) in [5.74, 6) is 2.39. The summed E-state index contributed by atoms with van der Waals surface area (Å²) in [6.07, 6.45) is 3.80. The fourth-order valence-electron chi connectivity index (χ4n) is 2.37. The summed E-state index contributed by atoms with van der Waals surface area (Å²) in [4.78, 5) is 8.76. The molecular formula is C18H27N5. The van der Waals surface area contributed by atoms with Crippen molar-refractivity contribution in [2.75, 3.05) is 5.32 Å². The number of aliphatic imine (C=N–C) groups is 1. The minimum Gasteiger partial charge on any atom is -0.370 e. The van der Waals surface area contributed by atoms with E-state index in [0.29, 0.717) is 24.3 Å². The van der Waals surface area contributed by atoms with Crippen LogP contribution in [0.2, 0.25) is 0 Å². The number of aromatic nitrogens is 2. The predicted octanol–water partition coefficient (Wildman–Crippen LogP) is 3.59. The fraction of sp³-hybridized carbons (Fsp3) is 0.444. The Hall–Kier alpha value is -2.30. The third-order valence-corrected chi connectivity index (χ3v) is 3.58. The Balaban J connectivity index is 2.01. The number of rotatable bonds is 6. The quantitative estimate of drug-likeness (QED) is 0.632. The number of imidazole rings is 1. The van der Waals surface area contributed by atoms with E-state index in [0.717, 1.165) is 18.1 Å². The highest BCUT2D eigenvalue weighted by atomic mass is 15.1. The number of nitrogens with one attached hydrogen (secondary N) is 1. The third kappa shape index (κ3) is 5.13. The van der Waals surface area contributed by atoms with Crippen molar-refractivity contribution in [1.29, 1.82) is 0 Å². The molecule has 1 aromatic heterocycles. The Bertz CT molecular complexity index is 655. The molecule has 0 atom stereocenters. The molecule has 1 aromatic carbocycles. The van der Waals surface area contributed by atoms with E-state index in [1.165, 1.54) is 5.56 Å². The van der Waals surface area contributed by atoms with Gasteiger partial charge in [-0.05, 0) is 29.5 Å². The number of guanidine groups is 1. The van der Waals surface area contributed by atoms with Crippen LogP contribution < -0.4 is 11.1 Å². The maximum atomic E-state index is 6.00. The summed E-state index contributed by atoms with van der Waals surface area (Å²) < 4.78 is 2.13. The van der Waals surface area contributed by atoms with Crippen LogP contribution in [0.5, 0.6) is 0 Å². The first-order valence-electron chi connectivity index (χ1n) is 8.12. The lowest BCUT2D eigenvalue weighted by atomic mass is 10.0. The summed E-state index contributed by atoms with van der Waals surface area (Å²) in [5.41, 5.74) is 8.24. The molecule has 0 spiro atoms. The molecule has 0 unspecified atom stereocenters. The van der Waals surface area contributed by atoms with Crippen molar-refractivity contribution in [2.24, 2.45) is 16.6 Å². The molecule has 0 bridgehead atoms. The molecule has 0 amide bonds. The predicted molar refractivity (Wildman–Crippen MR) is 96.5 cm³/mol. The van der Waals surface area contributed by atoms with Gasteiger partial charge in [-0.1, -0.05) is 39.8 Å². The lowest BCUT2D eigenvalue weighted by molar-refractivity contribution is 0.507. The smallest absolute Gasteiger partial charge is 0.193 e. The van der Waals surface area contributed by atoms with Gasteiger partial charge in [0, 0.05) is 24.6 Å². The van der Waals surface area contributed by atoms with E-state index in [1.54, 1.807) is 0 Å². The monoisotopic (exact) mass is 313 g/mol. The van der Waals surface area contributed by atoms with Crippen molar-refractivity contribution in [3.63, 3.8) is 0 Å². The molecule has 5 heteroatoms. The fourth-order valence-corrected chi connectivity index (χ4v) is 2.37. The molecule has 0 saturated carbocycles. The Morgan fingerprint density at radius 2 is 2.09 bits per heavy atom. The zero-order chi connectivity index (χ0) is 16.8. The van der Waals surface area contributed by atoms with Crippen LogP contribution in [0.1, 0.15) is 45.0 Å². The van der Waals surface area contributed by atoms with Gasteiger partial charge in [0.25, 0.3) is 0 Å². The van der Waals surface area contributed by atoms with Crippen molar-refractivity contribution < 1.29 is 0 Å². The van der Waals surface area contributed by atoms with Crippen LogP contribution in [0.4, 0.5) is 5.69 Å². The molecule has 2 aromatic rings. The molecule has 1 heterocycles. The van der Waals surface area contributed by atoms with E-state index < -0.39 is 0 Å². The van der Waals surface area contributed by atoms with Gasteiger partial charge in [0.15, 0.2) is 5.96 Å². The lowest BCUT2D eigenvalue weighted by Crippen LogP contribution is -2.23. The van der Waals surface area contributed by atoms with Crippen LogP contribution in [-0.2, 0) is 13.1 Å². The van der Waals surface area contributed by atoms with Crippen molar-refractivity contribution in [1.82, 2.24) is 9.55 Å². The van der Waals surface area contributed by atoms with Gasteiger partial charge < -0.3 is 15.6 Å². The van der Waals surface area contributed by atoms with E-state index >= 15 is 0 Å². The molecule has 124 valence electrons. The summed E-state index contributed by atoms with van der Waals surface area (Å²) in [7, 11) is 0. The van der Waals surface area contributed by atoms with E-state index in [9.17, 15) is 0 Å². The van der Waals surface area contributed by atoms with Gasteiger partial charge in [-0.2, -0.15) is 0 Å². The molecule has 3 N–H and O–H groups in total. The van der Waals surface area contributed by atoms with Crippen LogP contribution in [0.3, 0.4) is 0 Å². The second kappa shape index (κ2) is 7.81. The van der Waals surface area contributed by atoms with Gasteiger partial charge in [0.05, 0.1) is 0 Å². The number of nitrogens with zero attached hydrogens (tertiary/aromatic N) is 3. The average molecular weight is 313 g/mol. The first-order valence-corrected chi connectivity index (χ1v) is 8.12. The molecule has 2 rings (SSSR count). The standard InChI is InChI=1S/C18H27N5/c1-13(2)12-23-9-8-20-17(23)11-21-18(19)22-16-7-5-6-15(10-16)14(3)4/h5-10,13-14H,11-12H2,1-4H3,(H3,19,21,22). The summed E-state index contributed by atoms with van der Waals surface area (Å²) in [6, 6.07) is 8.24. The lowest BCUT2D eigenvalue weighted by Gasteiger charge is -2.11. The van der Waals surface area contributed by atoms with E-state index in [4.69, 9.17) is 5.73 Å². The molecule has 5 nitrogen and oxygen atoms in total. The largest absolute Gasteiger partial charge is 0.370 e. The van der Waals surface area contributed by atoms with Crippen molar-refractivity contribution in [3.8, 4) is 0 Å². The van der Waals surface area contributed by atoms with Gasteiger partial charge in [0.1, 0.15) is 12.4 Å². The first-order chi connectivity index (χ1) is 11.0. The molecular weight excluding hydrogens is 286 g/mol. The van der Waals surface area contributed by atoms with Gasteiger partial charge >= 0.3 is 0 Å². The Labute approximate surface area is 138 Å². The van der Waals surface area contributed by atoms with E-state index in [1.807, 2.05) is 24.5 Å². The summed E-state index contributed by atoms with van der Waals surface area (Å²) in [6.45, 7) is 10.1.